The van der Waals surface area contributed by atoms with E-state index in [0.717, 1.165) is 61.0 Å². The molecule has 0 saturated carbocycles. The average Bonchev–Trinajstić information content (AvgIpc) is 3.88. The van der Waals surface area contributed by atoms with Crippen molar-refractivity contribution < 1.29 is 0 Å². The molecule has 0 N–H and O–H groups in total. The molecule has 0 amide bonds. The molecule has 5 nitrogen and oxygen atoms in total. The van der Waals surface area contributed by atoms with Gasteiger partial charge < -0.3 is 13.7 Å². The van der Waals surface area contributed by atoms with Gasteiger partial charge in [-0.05, 0) is 90.0 Å². The molecule has 0 saturated heterocycles. The molecule has 3 heterocycles. The van der Waals surface area contributed by atoms with Crippen LogP contribution in [-0.4, -0.2) is 13.7 Å². The van der Waals surface area contributed by atoms with Crippen molar-refractivity contribution in [3.05, 3.63) is 187 Å². The third-order valence-corrected chi connectivity index (χ3v) is 11.1. The molecule has 0 aliphatic carbocycles. The second-order valence-corrected chi connectivity index (χ2v) is 14.0. The Hall–Kier alpha value is -7.86. The Bertz CT molecular complexity index is 3400. The Morgan fingerprint density at radius 2 is 0.727 bits per heavy atom. The number of benzene rings is 8. The van der Waals surface area contributed by atoms with Crippen LogP contribution >= 0.6 is 0 Å². The van der Waals surface area contributed by atoms with E-state index in [1.54, 1.807) is 0 Å². The standard InChI is InChI=1S/C50H29N5/c51-30-32-17-23-43-41-11-4-8-16-48(41)55(49(43)27-32)38-26-33(31-52)25-35(28-38)34-18-20-36(21-19-34)53-45-13-5-3-12-42(45)44-24-22-37(29-50(44)53)54-46-14-6-1-9-39(46)40-10-2-7-15-47(40)54/h1-29H. The summed E-state index contributed by atoms with van der Waals surface area (Å²) in [6.45, 7) is 0. The lowest BCUT2D eigenvalue weighted by atomic mass is 10.0. The Labute approximate surface area is 316 Å². The fourth-order valence-electron chi connectivity index (χ4n) is 8.67. The minimum Gasteiger partial charge on any atom is -0.309 e. The second kappa shape index (κ2) is 11.8. The molecule has 55 heavy (non-hydrogen) atoms. The summed E-state index contributed by atoms with van der Waals surface area (Å²) in [5.41, 5.74) is 12.7. The molecular formula is C50H29N5. The average molecular weight is 700 g/mol. The number of hydrogen-bond acceptors (Lipinski definition) is 2. The van der Waals surface area contributed by atoms with Gasteiger partial charge in [0.15, 0.2) is 0 Å². The lowest BCUT2D eigenvalue weighted by Crippen LogP contribution is -1.97. The Kier molecular flexibility index (Phi) is 6.61. The van der Waals surface area contributed by atoms with Gasteiger partial charge in [-0.2, -0.15) is 10.5 Å². The van der Waals surface area contributed by atoms with E-state index in [1.165, 1.54) is 32.6 Å². The number of fused-ring (bicyclic) bond motifs is 9. The van der Waals surface area contributed by atoms with Crippen LogP contribution in [0.25, 0.3) is 93.6 Å². The van der Waals surface area contributed by atoms with Gasteiger partial charge in [0.25, 0.3) is 0 Å². The third-order valence-electron chi connectivity index (χ3n) is 11.1. The van der Waals surface area contributed by atoms with Crippen molar-refractivity contribution in [3.63, 3.8) is 0 Å². The van der Waals surface area contributed by atoms with Crippen LogP contribution in [0, 0.1) is 22.7 Å². The van der Waals surface area contributed by atoms with Crippen molar-refractivity contribution in [2.75, 3.05) is 0 Å². The topological polar surface area (TPSA) is 62.4 Å². The van der Waals surface area contributed by atoms with Crippen molar-refractivity contribution in [2.24, 2.45) is 0 Å². The van der Waals surface area contributed by atoms with Gasteiger partial charge in [-0.15, -0.1) is 0 Å². The van der Waals surface area contributed by atoms with E-state index < -0.39 is 0 Å². The zero-order valence-corrected chi connectivity index (χ0v) is 29.5. The van der Waals surface area contributed by atoms with E-state index in [0.29, 0.717) is 11.1 Å². The van der Waals surface area contributed by atoms with E-state index in [-0.39, 0.29) is 0 Å². The molecule has 8 aromatic carbocycles. The number of nitrogens with zero attached hydrogens (tertiary/aromatic N) is 5. The number of rotatable bonds is 4. The van der Waals surface area contributed by atoms with E-state index >= 15 is 0 Å². The van der Waals surface area contributed by atoms with Gasteiger partial charge in [0.1, 0.15) is 0 Å². The molecule has 11 rings (SSSR count). The van der Waals surface area contributed by atoms with Crippen LogP contribution in [0.4, 0.5) is 0 Å². The van der Waals surface area contributed by atoms with Crippen molar-refractivity contribution in [1.29, 1.82) is 10.5 Å². The third kappa shape index (κ3) is 4.58. The van der Waals surface area contributed by atoms with Gasteiger partial charge in [0, 0.05) is 49.4 Å². The Balaban J connectivity index is 1.07. The molecule has 0 fully saturated rings. The zero-order chi connectivity index (χ0) is 36.6. The summed E-state index contributed by atoms with van der Waals surface area (Å²) in [6, 6.07) is 66.0. The van der Waals surface area contributed by atoms with Crippen LogP contribution in [0.3, 0.4) is 0 Å². The highest BCUT2D eigenvalue weighted by Crippen LogP contribution is 2.38. The highest BCUT2D eigenvalue weighted by molar-refractivity contribution is 6.12. The zero-order valence-electron chi connectivity index (χ0n) is 29.5. The van der Waals surface area contributed by atoms with Gasteiger partial charge in [-0.3, -0.25) is 0 Å². The molecule has 0 radical (unpaired) electrons. The van der Waals surface area contributed by atoms with Crippen molar-refractivity contribution in [2.45, 2.75) is 0 Å². The van der Waals surface area contributed by atoms with Crippen LogP contribution in [0.1, 0.15) is 11.1 Å². The van der Waals surface area contributed by atoms with Gasteiger partial charge in [-0.25, -0.2) is 0 Å². The summed E-state index contributed by atoms with van der Waals surface area (Å²) in [5, 5.41) is 27.0. The molecule has 0 atom stereocenters. The summed E-state index contributed by atoms with van der Waals surface area (Å²) >= 11 is 0. The van der Waals surface area contributed by atoms with Crippen LogP contribution in [0.2, 0.25) is 0 Å². The van der Waals surface area contributed by atoms with Gasteiger partial charge in [-0.1, -0.05) is 97.1 Å². The maximum atomic E-state index is 10.2. The SMILES string of the molecule is N#Cc1cc(-c2ccc(-n3c4ccccc4c4ccc(-n5c6ccccc6c6ccccc65)cc43)cc2)cc(-n2c3ccccc3c3ccc(C#N)cc32)c1. The molecule has 3 aromatic heterocycles. The Morgan fingerprint density at radius 1 is 0.291 bits per heavy atom. The number of para-hydroxylation sites is 4. The van der Waals surface area contributed by atoms with E-state index in [4.69, 9.17) is 0 Å². The maximum Gasteiger partial charge on any atom is 0.0992 e. The van der Waals surface area contributed by atoms with Crippen LogP contribution < -0.4 is 0 Å². The van der Waals surface area contributed by atoms with Crippen LogP contribution in [0.15, 0.2) is 176 Å². The summed E-state index contributed by atoms with van der Waals surface area (Å²) in [4.78, 5) is 0. The van der Waals surface area contributed by atoms with Crippen molar-refractivity contribution >= 4 is 65.4 Å². The normalized spacial score (nSPS) is 11.6. The molecule has 5 heteroatoms. The first-order valence-corrected chi connectivity index (χ1v) is 18.3. The fourth-order valence-corrected chi connectivity index (χ4v) is 8.67. The van der Waals surface area contributed by atoms with Crippen molar-refractivity contribution in [3.8, 4) is 40.3 Å². The monoisotopic (exact) mass is 699 g/mol. The Morgan fingerprint density at radius 3 is 1.27 bits per heavy atom. The molecule has 254 valence electrons. The molecule has 0 unspecified atom stereocenters. The number of hydrogen-bond donors (Lipinski definition) is 0. The first kappa shape index (κ1) is 30.7. The second-order valence-electron chi connectivity index (χ2n) is 14.0. The fraction of sp³-hybridized carbons (Fsp3) is 0. The largest absolute Gasteiger partial charge is 0.309 e. The molecule has 11 aromatic rings. The molecule has 0 aliphatic rings. The number of aromatic nitrogens is 3. The molecule has 0 spiro atoms. The molecule has 0 bridgehead atoms. The summed E-state index contributed by atoms with van der Waals surface area (Å²) < 4.78 is 6.89. The van der Waals surface area contributed by atoms with Crippen molar-refractivity contribution in [1.82, 2.24) is 13.7 Å². The summed E-state index contributed by atoms with van der Waals surface area (Å²) in [7, 11) is 0. The lowest BCUT2D eigenvalue weighted by molar-refractivity contribution is 1.15. The minimum absolute atomic E-state index is 0.568. The number of nitriles is 2. The predicted molar refractivity (Wildman–Crippen MR) is 224 cm³/mol. The lowest BCUT2D eigenvalue weighted by Gasteiger charge is -2.13. The van der Waals surface area contributed by atoms with Gasteiger partial charge >= 0.3 is 0 Å². The predicted octanol–water partition coefficient (Wildman–Crippen LogP) is 12.4. The van der Waals surface area contributed by atoms with Gasteiger partial charge in [0.05, 0.1) is 56.4 Å². The molecule has 0 aliphatic heterocycles. The first-order valence-electron chi connectivity index (χ1n) is 18.3. The molecular weight excluding hydrogens is 671 g/mol. The first-order chi connectivity index (χ1) is 27.2. The highest BCUT2D eigenvalue weighted by atomic mass is 15.0. The highest BCUT2D eigenvalue weighted by Gasteiger charge is 2.18. The van der Waals surface area contributed by atoms with E-state index in [9.17, 15) is 10.5 Å². The summed E-state index contributed by atoms with van der Waals surface area (Å²) in [6.07, 6.45) is 0. The quantitative estimate of drug-likeness (QED) is 0.184. The minimum atomic E-state index is 0.568. The van der Waals surface area contributed by atoms with Gasteiger partial charge in [0.2, 0.25) is 0 Å². The van der Waals surface area contributed by atoms with E-state index in [2.05, 4.69) is 159 Å². The van der Waals surface area contributed by atoms with Crippen LogP contribution in [-0.2, 0) is 0 Å². The smallest absolute Gasteiger partial charge is 0.0992 e. The summed E-state index contributed by atoms with van der Waals surface area (Å²) in [5.74, 6) is 0. The maximum absolute atomic E-state index is 10.2. The van der Waals surface area contributed by atoms with E-state index in [1.807, 2.05) is 42.5 Å². The van der Waals surface area contributed by atoms with Crippen LogP contribution in [0.5, 0.6) is 0 Å².